The molecule has 3 aromatic rings. The number of amides is 1. The number of ether oxygens (including phenoxy) is 2. The number of nitrogens with one attached hydrogen (secondary N) is 2. The Balaban J connectivity index is 1.54. The zero-order valence-electron chi connectivity index (χ0n) is 19.4. The average molecular weight is 521 g/mol. The van der Waals surface area contributed by atoms with Crippen LogP contribution in [0, 0.1) is 19.8 Å². The fourth-order valence-electron chi connectivity index (χ4n) is 3.62. The van der Waals surface area contributed by atoms with Gasteiger partial charge in [0.25, 0.3) is 5.56 Å². The second-order valence-electron chi connectivity index (χ2n) is 8.24. The Kier molecular flexibility index (Phi) is 7.63. The third kappa shape index (κ3) is 6.25. The summed E-state index contributed by atoms with van der Waals surface area (Å²) >= 11 is 6.22. The number of rotatable bonds is 9. The van der Waals surface area contributed by atoms with Crippen LogP contribution in [0.25, 0.3) is 0 Å². The molecule has 1 atom stereocenters. The highest BCUT2D eigenvalue weighted by Gasteiger charge is 2.35. The third-order valence-corrected chi connectivity index (χ3v) is 5.71. The van der Waals surface area contributed by atoms with E-state index in [4.69, 9.17) is 16.3 Å². The van der Waals surface area contributed by atoms with Gasteiger partial charge < -0.3 is 19.4 Å². The van der Waals surface area contributed by atoms with Gasteiger partial charge in [-0.2, -0.15) is 8.78 Å². The molecular weight excluding hydrogens is 498 g/mol. The molecule has 1 aliphatic carbocycles. The molecule has 3 heterocycles. The van der Waals surface area contributed by atoms with Gasteiger partial charge >= 0.3 is 12.7 Å². The molecule has 4 rings (SSSR count). The van der Waals surface area contributed by atoms with Gasteiger partial charge in [0.15, 0.2) is 5.82 Å². The van der Waals surface area contributed by atoms with Crippen LogP contribution in [0.2, 0.25) is 5.15 Å². The molecule has 0 bridgehead atoms. The van der Waals surface area contributed by atoms with Crippen molar-refractivity contribution in [3.8, 4) is 5.88 Å². The Morgan fingerprint density at radius 1 is 1.31 bits per heavy atom. The summed E-state index contributed by atoms with van der Waals surface area (Å²) in [6.07, 6.45) is 5.51. The van der Waals surface area contributed by atoms with Crippen LogP contribution in [0.3, 0.4) is 0 Å². The van der Waals surface area contributed by atoms with Crippen LogP contribution >= 0.6 is 11.6 Å². The zero-order chi connectivity index (χ0) is 25.8. The molecular formula is C23H23ClF2N6O4. The van der Waals surface area contributed by atoms with Gasteiger partial charge in [0.2, 0.25) is 5.88 Å². The average Bonchev–Trinajstić information content (AvgIpc) is 3.65. The van der Waals surface area contributed by atoms with Crippen molar-refractivity contribution in [2.75, 3.05) is 17.2 Å². The van der Waals surface area contributed by atoms with E-state index in [1.807, 2.05) is 0 Å². The normalized spacial score (nSPS) is 13.8. The second-order valence-corrected chi connectivity index (χ2v) is 8.63. The number of carbonyl (C=O) groups is 1. The number of aryl methyl sites for hydroxylation is 2. The predicted octanol–water partition coefficient (Wildman–Crippen LogP) is 4.85. The van der Waals surface area contributed by atoms with E-state index >= 15 is 0 Å². The molecule has 0 aliphatic heterocycles. The quantitative estimate of drug-likeness (QED) is 0.411. The molecule has 1 fully saturated rings. The molecule has 36 heavy (non-hydrogen) atoms. The van der Waals surface area contributed by atoms with E-state index in [9.17, 15) is 18.4 Å². The lowest BCUT2D eigenvalue weighted by molar-refractivity contribution is -0.0533. The molecule has 1 saturated carbocycles. The summed E-state index contributed by atoms with van der Waals surface area (Å²) in [4.78, 5) is 37.6. The molecule has 1 aliphatic rings. The maximum absolute atomic E-state index is 13.3. The Morgan fingerprint density at radius 3 is 2.75 bits per heavy atom. The van der Waals surface area contributed by atoms with E-state index in [-0.39, 0.29) is 29.4 Å². The molecule has 0 aromatic carbocycles. The van der Waals surface area contributed by atoms with E-state index in [1.165, 1.54) is 23.0 Å². The Labute approximate surface area is 209 Å². The Hall–Kier alpha value is -3.80. The minimum absolute atomic E-state index is 0.0440. The summed E-state index contributed by atoms with van der Waals surface area (Å²) in [5.41, 5.74) is 1.03. The number of hydrogen-bond donors (Lipinski definition) is 2. The van der Waals surface area contributed by atoms with Crippen LogP contribution in [-0.2, 0) is 4.74 Å². The number of aromatic nitrogens is 4. The lowest BCUT2D eigenvalue weighted by atomic mass is 10.2. The van der Waals surface area contributed by atoms with Crippen molar-refractivity contribution in [1.82, 2.24) is 19.5 Å². The van der Waals surface area contributed by atoms with Gasteiger partial charge in [-0.25, -0.2) is 14.8 Å². The molecule has 190 valence electrons. The summed E-state index contributed by atoms with van der Waals surface area (Å²) in [5.74, 6) is -0.170. The van der Waals surface area contributed by atoms with Crippen molar-refractivity contribution in [2.45, 2.75) is 39.3 Å². The first-order chi connectivity index (χ1) is 17.2. The van der Waals surface area contributed by atoms with Crippen LogP contribution in [-0.4, -0.2) is 38.8 Å². The van der Waals surface area contributed by atoms with Crippen LogP contribution in [0.1, 0.15) is 30.1 Å². The number of pyridine rings is 2. The second kappa shape index (κ2) is 10.9. The summed E-state index contributed by atoms with van der Waals surface area (Å²) in [5, 5.41) is 5.52. The van der Waals surface area contributed by atoms with Crippen LogP contribution in [0.15, 0.2) is 41.6 Å². The van der Waals surface area contributed by atoms with E-state index in [0.29, 0.717) is 22.6 Å². The first-order valence-corrected chi connectivity index (χ1v) is 11.4. The molecule has 0 radical (unpaired) electrons. The fraction of sp³-hybridized carbons (Fsp3) is 0.348. The van der Waals surface area contributed by atoms with Crippen molar-refractivity contribution >= 4 is 34.9 Å². The number of carbonyl (C=O) groups excluding carboxylic acids is 1. The SMILES string of the molecule is Cc1cc(Nc2nc(Cl)cn(C(COC(=O)Nc3cccnc3)C3CC3)c2=O)c(C)nc1OC(F)F. The summed E-state index contributed by atoms with van der Waals surface area (Å²) in [6.45, 7) is 0.0562. The largest absolute Gasteiger partial charge is 0.447 e. The predicted molar refractivity (Wildman–Crippen MR) is 128 cm³/mol. The lowest BCUT2D eigenvalue weighted by Gasteiger charge is -2.21. The van der Waals surface area contributed by atoms with E-state index < -0.39 is 24.3 Å². The molecule has 0 spiro atoms. The van der Waals surface area contributed by atoms with Crippen LogP contribution in [0.5, 0.6) is 5.88 Å². The number of anilines is 3. The smallest absolute Gasteiger partial charge is 0.411 e. The van der Waals surface area contributed by atoms with Crippen LogP contribution < -0.4 is 20.9 Å². The molecule has 1 amide bonds. The van der Waals surface area contributed by atoms with Crippen molar-refractivity contribution < 1.29 is 23.0 Å². The molecule has 3 aromatic heterocycles. The van der Waals surface area contributed by atoms with Crippen molar-refractivity contribution in [1.29, 1.82) is 0 Å². The highest BCUT2D eigenvalue weighted by Crippen LogP contribution is 2.39. The summed E-state index contributed by atoms with van der Waals surface area (Å²) in [6, 6.07) is 4.41. The minimum atomic E-state index is -3.01. The van der Waals surface area contributed by atoms with Crippen molar-refractivity contribution in [3.05, 3.63) is 63.6 Å². The maximum atomic E-state index is 13.3. The highest BCUT2D eigenvalue weighted by atomic mass is 35.5. The highest BCUT2D eigenvalue weighted by molar-refractivity contribution is 6.29. The maximum Gasteiger partial charge on any atom is 0.411 e. The monoisotopic (exact) mass is 520 g/mol. The van der Waals surface area contributed by atoms with E-state index in [1.54, 1.807) is 32.2 Å². The van der Waals surface area contributed by atoms with E-state index in [2.05, 4.69) is 30.3 Å². The first kappa shape index (κ1) is 25.3. The third-order valence-electron chi connectivity index (χ3n) is 5.53. The molecule has 2 N–H and O–H groups in total. The molecule has 1 unspecified atom stereocenters. The van der Waals surface area contributed by atoms with Gasteiger partial charge in [-0.3, -0.25) is 15.1 Å². The van der Waals surface area contributed by atoms with Gasteiger partial charge in [0, 0.05) is 18.0 Å². The van der Waals surface area contributed by atoms with Gasteiger partial charge in [0.05, 0.1) is 29.3 Å². The molecule has 10 nitrogen and oxygen atoms in total. The van der Waals surface area contributed by atoms with Gasteiger partial charge in [-0.15, -0.1) is 0 Å². The molecule has 13 heteroatoms. The molecule has 0 saturated heterocycles. The van der Waals surface area contributed by atoms with Gasteiger partial charge in [0.1, 0.15) is 11.8 Å². The summed E-state index contributed by atoms with van der Waals surface area (Å²) < 4.78 is 36.4. The minimum Gasteiger partial charge on any atom is -0.447 e. The lowest BCUT2D eigenvalue weighted by Crippen LogP contribution is -2.32. The zero-order valence-corrected chi connectivity index (χ0v) is 20.1. The van der Waals surface area contributed by atoms with Gasteiger partial charge in [-0.1, -0.05) is 11.6 Å². The fourth-order valence-corrected chi connectivity index (χ4v) is 3.81. The van der Waals surface area contributed by atoms with E-state index in [0.717, 1.165) is 12.8 Å². The topological polar surface area (TPSA) is 120 Å². The van der Waals surface area contributed by atoms with Crippen LogP contribution in [0.4, 0.5) is 30.8 Å². The number of halogens is 3. The standard InChI is InChI=1S/C23H23ClF2N6O4/c1-12-8-16(13(2)28-20(12)36-22(25)26)30-19-21(33)32(10-18(24)31-19)17(14-5-6-14)11-35-23(34)29-15-4-3-7-27-9-15/h3-4,7-10,14,17,22H,5-6,11H2,1-2H3,(H,29,34)(H,30,31). The number of alkyl halides is 2. The summed E-state index contributed by atoms with van der Waals surface area (Å²) in [7, 11) is 0. The number of nitrogens with zero attached hydrogens (tertiary/aromatic N) is 4. The van der Waals surface area contributed by atoms with Crippen molar-refractivity contribution in [2.24, 2.45) is 5.92 Å². The Morgan fingerprint density at radius 2 is 2.08 bits per heavy atom. The van der Waals surface area contributed by atoms with Crippen molar-refractivity contribution in [3.63, 3.8) is 0 Å². The number of hydrogen-bond acceptors (Lipinski definition) is 8. The Bertz CT molecular complexity index is 1300. The van der Waals surface area contributed by atoms with Gasteiger partial charge in [-0.05, 0) is 50.8 Å². The first-order valence-electron chi connectivity index (χ1n) is 11.0.